The molecule has 0 saturated carbocycles. The number of nitrogens with zero attached hydrogens (tertiary/aromatic N) is 2. The Morgan fingerprint density at radius 2 is 2.03 bits per heavy atom. The lowest BCUT2D eigenvalue weighted by Crippen LogP contribution is -2.61. The van der Waals surface area contributed by atoms with Crippen LogP contribution < -0.4 is 19.9 Å². The number of fused-ring (bicyclic) bond motifs is 3. The first-order valence-corrected chi connectivity index (χ1v) is 11.0. The first-order valence-electron chi connectivity index (χ1n) is 10.7. The molecular weight excluding hydrogens is 455 g/mol. The predicted molar refractivity (Wildman–Crippen MR) is 123 cm³/mol. The maximum atomic E-state index is 13.3. The smallest absolute Gasteiger partial charge is 0.416 e. The highest BCUT2D eigenvalue weighted by atomic mass is 35.5. The summed E-state index contributed by atoms with van der Waals surface area (Å²) in [6.07, 6.45) is -2.63. The quantitative estimate of drug-likeness (QED) is 0.640. The number of rotatable bonds is 5. The fourth-order valence-electron chi connectivity index (χ4n) is 4.73. The number of hydrogen-bond acceptors (Lipinski definition) is 4. The second-order valence-corrected chi connectivity index (χ2v) is 8.65. The predicted octanol–water partition coefficient (Wildman–Crippen LogP) is 4.54. The highest BCUT2D eigenvalue weighted by molar-refractivity contribution is 6.31. The van der Waals surface area contributed by atoms with Crippen LogP contribution >= 0.6 is 11.6 Å². The van der Waals surface area contributed by atoms with Crippen LogP contribution in [0.1, 0.15) is 11.1 Å². The summed E-state index contributed by atoms with van der Waals surface area (Å²) in [6, 6.07) is 8.96. The molecule has 2 aliphatic rings. The van der Waals surface area contributed by atoms with Gasteiger partial charge in [-0.2, -0.15) is 13.2 Å². The van der Waals surface area contributed by atoms with Crippen molar-refractivity contribution in [2.24, 2.45) is 5.92 Å². The molecule has 176 valence electrons. The first-order chi connectivity index (χ1) is 15.7. The summed E-state index contributed by atoms with van der Waals surface area (Å²) < 4.78 is 45.5. The third-order valence-electron chi connectivity index (χ3n) is 6.28. The van der Waals surface area contributed by atoms with Crippen molar-refractivity contribution >= 4 is 28.9 Å². The SMILES string of the molecule is C=CCNC(=O)C1Cc2cc(C(F)(F)F)ccc2N2CCN(c3cc(Cl)ccc3OC)CC12. The van der Waals surface area contributed by atoms with Gasteiger partial charge in [0.1, 0.15) is 5.75 Å². The van der Waals surface area contributed by atoms with E-state index in [1.54, 1.807) is 25.3 Å². The van der Waals surface area contributed by atoms with Gasteiger partial charge in [-0.25, -0.2) is 0 Å². The molecule has 2 atom stereocenters. The fraction of sp³-hybridized carbons (Fsp3) is 0.375. The van der Waals surface area contributed by atoms with E-state index in [2.05, 4.69) is 21.7 Å². The third-order valence-corrected chi connectivity index (χ3v) is 6.51. The molecule has 2 aliphatic heterocycles. The molecule has 2 heterocycles. The lowest BCUT2D eigenvalue weighted by atomic mass is 9.82. The second kappa shape index (κ2) is 9.17. The van der Waals surface area contributed by atoms with Crippen LogP contribution in [0, 0.1) is 5.92 Å². The Labute approximate surface area is 195 Å². The molecule has 2 unspecified atom stereocenters. The first kappa shape index (κ1) is 23.3. The van der Waals surface area contributed by atoms with Crippen LogP contribution in [0.5, 0.6) is 5.75 Å². The van der Waals surface area contributed by atoms with Gasteiger partial charge in [0, 0.05) is 36.9 Å². The van der Waals surface area contributed by atoms with Crippen molar-refractivity contribution in [3.8, 4) is 5.75 Å². The molecule has 33 heavy (non-hydrogen) atoms. The minimum Gasteiger partial charge on any atom is -0.495 e. The number of halogens is 4. The van der Waals surface area contributed by atoms with E-state index in [0.29, 0.717) is 42.5 Å². The van der Waals surface area contributed by atoms with Gasteiger partial charge in [-0.15, -0.1) is 6.58 Å². The molecule has 1 N–H and O–H groups in total. The van der Waals surface area contributed by atoms with Crippen LogP contribution in [0.3, 0.4) is 0 Å². The molecule has 1 saturated heterocycles. The zero-order chi connectivity index (χ0) is 23.8. The molecule has 0 aromatic heterocycles. The van der Waals surface area contributed by atoms with Crippen LogP contribution in [0.15, 0.2) is 49.1 Å². The van der Waals surface area contributed by atoms with Gasteiger partial charge in [-0.1, -0.05) is 17.7 Å². The van der Waals surface area contributed by atoms with Crippen molar-refractivity contribution in [2.75, 3.05) is 43.1 Å². The van der Waals surface area contributed by atoms with Gasteiger partial charge in [0.15, 0.2) is 0 Å². The van der Waals surface area contributed by atoms with Crippen molar-refractivity contribution in [3.63, 3.8) is 0 Å². The maximum Gasteiger partial charge on any atom is 0.416 e. The molecule has 1 amide bonds. The molecule has 1 fully saturated rings. The molecule has 4 rings (SSSR count). The van der Waals surface area contributed by atoms with E-state index >= 15 is 0 Å². The van der Waals surface area contributed by atoms with Gasteiger partial charge >= 0.3 is 6.18 Å². The standard InChI is InChI=1S/C24H25ClF3N3O2/c1-3-8-29-23(32)18-12-15-11-16(24(26,27)28)4-6-19(15)31-10-9-30(14-21(18)31)20-13-17(25)5-7-22(20)33-2/h3-7,11,13,18,21H,1,8-10,12,14H2,2H3,(H,29,32). The van der Waals surface area contributed by atoms with Crippen LogP contribution in [-0.2, 0) is 17.4 Å². The molecule has 2 aromatic rings. The normalized spacial score (nSPS) is 20.0. The van der Waals surface area contributed by atoms with Gasteiger partial charge in [0.05, 0.1) is 30.3 Å². The monoisotopic (exact) mass is 479 g/mol. The zero-order valence-corrected chi connectivity index (χ0v) is 18.9. The summed E-state index contributed by atoms with van der Waals surface area (Å²) in [6.45, 7) is 5.58. The Kier molecular flexibility index (Phi) is 6.47. The largest absolute Gasteiger partial charge is 0.495 e. The Balaban J connectivity index is 1.70. The number of amides is 1. The van der Waals surface area contributed by atoms with E-state index in [1.807, 2.05) is 6.07 Å². The zero-order valence-electron chi connectivity index (χ0n) is 18.2. The average molecular weight is 480 g/mol. The number of methoxy groups -OCH3 is 1. The average Bonchev–Trinajstić information content (AvgIpc) is 2.80. The Morgan fingerprint density at radius 1 is 1.24 bits per heavy atom. The summed E-state index contributed by atoms with van der Waals surface area (Å²) in [4.78, 5) is 17.2. The van der Waals surface area contributed by atoms with Crippen LogP contribution in [0.4, 0.5) is 24.5 Å². The summed E-state index contributed by atoms with van der Waals surface area (Å²) in [5.41, 5.74) is 1.41. The van der Waals surface area contributed by atoms with E-state index in [4.69, 9.17) is 16.3 Å². The molecule has 2 aromatic carbocycles. The number of piperazine rings is 1. The van der Waals surface area contributed by atoms with Crippen molar-refractivity contribution in [1.29, 1.82) is 0 Å². The van der Waals surface area contributed by atoms with Crippen molar-refractivity contribution in [2.45, 2.75) is 18.6 Å². The van der Waals surface area contributed by atoms with Crippen molar-refractivity contribution in [3.05, 3.63) is 65.2 Å². The highest BCUT2D eigenvalue weighted by Crippen LogP contribution is 2.41. The van der Waals surface area contributed by atoms with E-state index in [9.17, 15) is 18.0 Å². The van der Waals surface area contributed by atoms with Crippen molar-refractivity contribution < 1.29 is 22.7 Å². The highest BCUT2D eigenvalue weighted by Gasteiger charge is 2.43. The van der Waals surface area contributed by atoms with Crippen LogP contribution in [0.2, 0.25) is 5.02 Å². The van der Waals surface area contributed by atoms with E-state index in [1.165, 1.54) is 12.1 Å². The number of ether oxygens (including phenoxy) is 1. The topological polar surface area (TPSA) is 44.8 Å². The van der Waals surface area contributed by atoms with Gasteiger partial charge in [0.25, 0.3) is 0 Å². The summed E-state index contributed by atoms with van der Waals surface area (Å²) in [5, 5.41) is 3.40. The number of nitrogens with one attached hydrogen (secondary N) is 1. The second-order valence-electron chi connectivity index (χ2n) is 8.21. The molecule has 5 nitrogen and oxygen atoms in total. The fourth-order valence-corrected chi connectivity index (χ4v) is 4.90. The van der Waals surface area contributed by atoms with Gasteiger partial charge in [0.2, 0.25) is 5.91 Å². The minimum absolute atomic E-state index is 0.201. The van der Waals surface area contributed by atoms with Gasteiger partial charge in [-0.05, 0) is 48.4 Å². The van der Waals surface area contributed by atoms with E-state index in [0.717, 1.165) is 17.4 Å². The Hall–Kier alpha value is -2.87. The Morgan fingerprint density at radius 3 is 2.73 bits per heavy atom. The summed E-state index contributed by atoms with van der Waals surface area (Å²) >= 11 is 6.23. The molecule has 0 bridgehead atoms. The van der Waals surface area contributed by atoms with Crippen LogP contribution in [0.25, 0.3) is 0 Å². The van der Waals surface area contributed by atoms with E-state index in [-0.39, 0.29) is 18.4 Å². The number of benzene rings is 2. The lowest BCUT2D eigenvalue weighted by Gasteiger charge is -2.49. The number of hydrogen-bond donors (Lipinski definition) is 1. The molecule has 0 aliphatic carbocycles. The molecule has 9 heteroatoms. The van der Waals surface area contributed by atoms with Crippen LogP contribution in [-0.4, -0.2) is 45.2 Å². The molecule has 0 spiro atoms. The maximum absolute atomic E-state index is 13.3. The minimum atomic E-state index is -4.44. The van der Waals surface area contributed by atoms with Gasteiger partial charge in [-0.3, -0.25) is 4.79 Å². The summed E-state index contributed by atoms with van der Waals surface area (Å²) in [7, 11) is 1.59. The molecule has 0 radical (unpaired) electrons. The molecular formula is C24H25ClF3N3O2. The summed E-state index contributed by atoms with van der Waals surface area (Å²) in [5.74, 6) is -0.0479. The van der Waals surface area contributed by atoms with Crippen molar-refractivity contribution in [1.82, 2.24) is 5.32 Å². The van der Waals surface area contributed by atoms with Gasteiger partial charge < -0.3 is 19.9 Å². The van der Waals surface area contributed by atoms with E-state index < -0.39 is 17.7 Å². The third kappa shape index (κ3) is 4.62. The lowest BCUT2D eigenvalue weighted by molar-refractivity contribution is -0.137. The number of carbonyl (C=O) groups excluding carboxylic acids is 1. The number of alkyl halides is 3. The number of anilines is 2. The number of carbonyl (C=O) groups is 1. The Bertz CT molecular complexity index is 1060.